The highest BCUT2D eigenvalue weighted by atomic mass is 32.2. The maximum Gasteiger partial charge on any atom is 0.471 e. The van der Waals surface area contributed by atoms with Crippen LogP contribution in [0.15, 0.2) is 29.2 Å². The maximum atomic E-state index is 12.0. The molecule has 10 heteroatoms. The first kappa shape index (κ1) is 17.3. The molecule has 1 atom stereocenters. The molecule has 1 aromatic carbocycles. The van der Waals surface area contributed by atoms with Crippen LogP contribution >= 0.6 is 0 Å². The average molecular weight is 323 g/mol. The SMILES string of the molecule is NCC(=O)N[S+]([O-])c1ccc(CNC(=O)C(F)(F)F)cc1. The van der Waals surface area contributed by atoms with Gasteiger partial charge in [-0.05, 0) is 17.7 Å². The van der Waals surface area contributed by atoms with Crippen LogP contribution in [0.3, 0.4) is 0 Å². The number of hydrogen-bond donors (Lipinski definition) is 3. The molecular weight excluding hydrogens is 311 g/mol. The van der Waals surface area contributed by atoms with Crippen LogP contribution < -0.4 is 15.8 Å². The fraction of sp³-hybridized carbons (Fsp3) is 0.273. The Hall–Kier alpha value is -1.78. The van der Waals surface area contributed by atoms with Gasteiger partial charge in [0.2, 0.25) is 0 Å². The highest BCUT2D eigenvalue weighted by Crippen LogP contribution is 2.15. The number of nitrogens with one attached hydrogen (secondary N) is 2. The minimum atomic E-state index is -4.94. The van der Waals surface area contributed by atoms with Gasteiger partial charge < -0.3 is 15.6 Å². The molecule has 6 nitrogen and oxygen atoms in total. The Morgan fingerprint density at radius 2 is 1.81 bits per heavy atom. The van der Waals surface area contributed by atoms with Gasteiger partial charge in [0.1, 0.15) is 11.4 Å². The van der Waals surface area contributed by atoms with E-state index in [1.54, 1.807) is 5.32 Å². The van der Waals surface area contributed by atoms with Gasteiger partial charge in [0.25, 0.3) is 5.91 Å². The summed E-state index contributed by atoms with van der Waals surface area (Å²) in [5.74, 6) is -2.64. The van der Waals surface area contributed by atoms with Crippen LogP contribution in [0, 0.1) is 0 Å². The standard InChI is InChI=1S/C11H12F3N3O3S/c12-11(13,14)10(19)16-6-7-1-3-8(4-2-7)21(20)17-9(18)5-15/h1-4H,5-6,15H2,(H,16,19)(H,17,18). The lowest BCUT2D eigenvalue weighted by Gasteiger charge is -2.11. The molecule has 0 aliphatic carbocycles. The Kier molecular flexibility index (Phi) is 6.00. The Morgan fingerprint density at radius 3 is 2.29 bits per heavy atom. The van der Waals surface area contributed by atoms with E-state index in [1.807, 2.05) is 0 Å². The first-order chi connectivity index (χ1) is 9.74. The largest absolute Gasteiger partial charge is 0.588 e. The zero-order valence-corrected chi connectivity index (χ0v) is 11.4. The van der Waals surface area contributed by atoms with Crippen LogP contribution in [0.5, 0.6) is 0 Å². The molecule has 0 aliphatic rings. The van der Waals surface area contributed by atoms with Crippen LogP contribution in [0.25, 0.3) is 0 Å². The number of alkyl halides is 3. The topological polar surface area (TPSA) is 107 Å². The summed E-state index contributed by atoms with van der Waals surface area (Å²) in [6, 6.07) is 5.50. The lowest BCUT2D eigenvalue weighted by molar-refractivity contribution is -0.173. The first-order valence-corrected chi connectivity index (χ1v) is 6.74. The zero-order valence-electron chi connectivity index (χ0n) is 10.6. The fourth-order valence-corrected chi connectivity index (χ4v) is 2.01. The molecule has 0 heterocycles. The third-order valence-electron chi connectivity index (χ3n) is 2.24. The lowest BCUT2D eigenvalue weighted by atomic mass is 10.2. The van der Waals surface area contributed by atoms with E-state index < -0.39 is 29.4 Å². The Labute approximate surface area is 121 Å². The van der Waals surface area contributed by atoms with Gasteiger partial charge in [-0.2, -0.15) is 17.9 Å². The Balaban J connectivity index is 2.58. The second kappa shape index (κ2) is 7.29. The molecule has 0 saturated carbocycles. The molecule has 0 bridgehead atoms. The number of rotatable bonds is 5. The summed E-state index contributed by atoms with van der Waals surface area (Å²) in [6.45, 7) is -0.631. The molecule has 0 aliphatic heterocycles. The van der Waals surface area contributed by atoms with Crippen LogP contribution in [0.1, 0.15) is 5.56 Å². The van der Waals surface area contributed by atoms with Crippen LogP contribution in [-0.4, -0.2) is 29.1 Å². The quantitative estimate of drug-likeness (QED) is 0.661. The van der Waals surface area contributed by atoms with Crippen molar-refractivity contribution in [2.24, 2.45) is 5.73 Å². The van der Waals surface area contributed by atoms with Crippen LogP contribution in [0.4, 0.5) is 13.2 Å². The van der Waals surface area contributed by atoms with Gasteiger partial charge in [-0.1, -0.05) is 12.1 Å². The van der Waals surface area contributed by atoms with Crippen molar-refractivity contribution in [3.8, 4) is 0 Å². The lowest BCUT2D eigenvalue weighted by Crippen LogP contribution is -2.36. The van der Waals surface area contributed by atoms with E-state index in [0.717, 1.165) is 0 Å². The molecule has 0 spiro atoms. The number of halogens is 3. The molecule has 0 aromatic heterocycles. The van der Waals surface area contributed by atoms with Gasteiger partial charge >= 0.3 is 12.1 Å². The average Bonchev–Trinajstić information content (AvgIpc) is 2.43. The zero-order chi connectivity index (χ0) is 16.0. The molecule has 0 saturated heterocycles. The van der Waals surface area contributed by atoms with Gasteiger partial charge in [0, 0.05) is 6.54 Å². The summed E-state index contributed by atoms with van der Waals surface area (Å²) in [4.78, 5) is 21.8. The van der Waals surface area contributed by atoms with E-state index >= 15 is 0 Å². The van der Waals surface area contributed by atoms with Crippen molar-refractivity contribution in [3.05, 3.63) is 29.8 Å². The second-order valence-corrected chi connectivity index (χ2v) is 5.04. The molecule has 0 fully saturated rings. The van der Waals surface area contributed by atoms with Crippen LogP contribution in [-0.2, 0) is 27.5 Å². The van der Waals surface area contributed by atoms with Gasteiger partial charge in [0.15, 0.2) is 4.90 Å². The van der Waals surface area contributed by atoms with Gasteiger partial charge in [-0.3, -0.25) is 9.59 Å². The highest BCUT2D eigenvalue weighted by molar-refractivity contribution is 7.90. The second-order valence-electron chi connectivity index (χ2n) is 3.82. The van der Waals surface area contributed by atoms with Gasteiger partial charge in [0.05, 0.1) is 6.54 Å². The first-order valence-electron chi connectivity index (χ1n) is 5.59. The third-order valence-corrected chi connectivity index (χ3v) is 3.35. The van der Waals surface area contributed by atoms with Gasteiger partial charge in [-0.15, -0.1) is 0 Å². The van der Waals surface area contributed by atoms with E-state index in [0.29, 0.717) is 5.56 Å². The molecule has 116 valence electrons. The summed E-state index contributed by atoms with van der Waals surface area (Å²) in [5.41, 5.74) is 5.43. The normalized spacial score (nSPS) is 12.6. The van der Waals surface area contributed by atoms with E-state index in [2.05, 4.69) is 4.72 Å². The predicted molar refractivity (Wildman–Crippen MR) is 67.9 cm³/mol. The summed E-state index contributed by atoms with van der Waals surface area (Å²) in [5, 5.41) is 1.70. The summed E-state index contributed by atoms with van der Waals surface area (Å²) in [6.07, 6.45) is -4.94. The molecule has 2 amide bonds. The van der Waals surface area contributed by atoms with Crippen molar-refractivity contribution in [2.75, 3.05) is 6.54 Å². The minimum absolute atomic E-state index is 0.252. The molecule has 4 N–H and O–H groups in total. The van der Waals surface area contributed by atoms with Crippen molar-refractivity contribution in [1.82, 2.24) is 10.0 Å². The number of nitrogens with two attached hydrogens (primary N) is 1. The highest BCUT2D eigenvalue weighted by Gasteiger charge is 2.38. The van der Waals surface area contributed by atoms with Crippen molar-refractivity contribution in [2.45, 2.75) is 17.6 Å². The molecule has 1 unspecified atom stereocenters. The molecule has 1 rings (SSSR count). The Morgan fingerprint density at radius 1 is 1.24 bits per heavy atom. The smallest absolute Gasteiger partial charge is 0.471 e. The molecule has 0 radical (unpaired) electrons. The summed E-state index contributed by atoms with van der Waals surface area (Å²) in [7, 11) is 0. The number of hydrogen-bond acceptors (Lipinski definition) is 4. The van der Waals surface area contributed by atoms with E-state index in [-0.39, 0.29) is 18.0 Å². The monoisotopic (exact) mass is 323 g/mol. The summed E-state index contributed by atoms with van der Waals surface area (Å²) < 4.78 is 49.7. The number of carbonyl (C=O) groups is 2. The van der Waals surface area contributed by atoms with Crippen LogP contribution in [0.2, 0.25) is 0 Å². The molecule has 21 heavy (non-hydrogen) atoms. The maximum absolute atomic E-state index is 12.0. The van der Waals surface area contributed by atoms with Crippen molar-refractivity contribution in [3.63, 3.8) is 0 Å². The number of carbonyl (C=O) groups excluding carboxylic acids is 2. The van der Waals surface area contributed by atoms with Crippen molar-refractivity contribution in [1.29, 1.82) is 0 Å². The number of amides is 2. The molecule has 1 aromatic rings. The van der Waals surface area contributed by atoms with E-state index in [9.17, 15) is 27.3 Å². The predicted octanol–water partition coefficient (Wildman–Crippen LogP) is -0.0374. The Bertz CT molecular complexity index is 508. The summed E-state index contributed by atoms with van der Waals surface area (Å²) >= 11 is -1.80. The molecular formula is C11H12F3N3O3S. The van der Waals surface area contributed by atoms with E-state index in [1.165, 1.54) is 24.3 Å². The fourth-order valence-electron chi connectivity index (χ4n) is 1.22. The van der Waals surface area contributed by atoms with E-state index in [4.69, 9.17) is 5.73 Å². The van der Waals surface area contributed by atoms with Gasteiger partial charge in [-0.25, -0.2) is 0 Å². The van der Waals surface area contributed by atoms with Crippen molar-refractivity contribution < 1.29 is 27.3 Å². The van der Waals surface area contributed by atoms with Crippen molar-refractivity contribution >= 4 is 23.2 Å². The third kappa shape index (κ3) is 5.61. The number of benzene rings is 1. The minimum Gasteiger partial charge on any atom is -0.588 e.